The van der Waals surface area contributed by atoms with E-state index in [-0.39, 0.29) is 17.8 Å². The van der Waals surface area contributed by atoms with E-state index in [1.807, 2.05) is 54.6 Å². The summed E-state index contributed by atoms with van der Waals surface area (Å²) in [6.45, 7) is 3.82. The highest BCUT2D eigenvalue weighted by molar-refractivity contribution is 7.99. The zero-order valence-corrected chi connectivity index (χ0v) is 20.1. The number of likely N-dealkylation sites (tertiary alicyclic amines) is 1. The number of amides is 1. The zero-order chi connectivity index (χ0) is 23.3. The van der Waals surface area contributed by atoms with E-state index in [2.05, 4.69) is 19.7 Å². The van der Waals surface area contributed by atoms with Gasteiger partial charge in [0, 0.05) is 12.7 Å². The van der Waals surface area contributed by atoms with Gasteiger partial charge in [0.1, 0.15) is 6.61 Å². The van der Waals surface area contributed by atoms with Crippen molar-refractivity contribution in [2.75, 3.05) is 39.0 Å². The first-order chi connectivity index (χ1) is 16.7. The van der Waals surface area contributed by atoms with Crippen LogP contribution in [0.2, 0.25) is 0 Å². The maximum absolute atomic E-state index is 12.9. The van der Waals surface area contributed by atoms with Crippen molar-refractivity contribution >= 4 is 17.7 Å². The number of rotatable bonds is 8. The summed E-state index contributed by atoms with van der Waals surface area (Å²) in [6.07, 6.45) is 2.25. The summed E-state index contributed by atoms with van der Waals surface area (Å²) in [5.74, 6) is 2.65. The molecular weight excluding hydrogens is 450 g/mol. The third-order valence-corrected chi connectivity index (χ3v) is 6.99. The van der Waals surface area contributed by atoms with Crippen LogP contribution in [0.5, 0.6) is 11.5 Å². The second-order valence-electron chi connectivity index (χ2n) is 8.61. The lowest BCUT2D eigenvalue weighted by Crippen LogP contribution is -2.42. The third-order valence-electron chi connectivity index (χ3n) is 6.07. The van der Waals surface area contributed by atoms with Gasteiger partial charge in [-0.3, -0.25) is 14.3 Å². The Morgan fingerprint density at radius 2 is 1.79 bits per heavy atom. The summed E-state index contributed by atoms with van der Waals surface area (Å²) in [5, 5.41) is 9.65. The Morgan fingerprint density at radius 3 is 2.59 bits per heavy atom. The van der Waals surface area contributed by atoms with Gasteiger partial charge in [0.2, 0.25) is 5.91 Å². The first-order valence-corrected chi connectivity index (χ1v) is 12.6. The lowest BCUT2D eigenvalue weighted by Gasteiger charge is -2.29. The minimum atomic E-state index is -0.200. The van der Waals surface area contributed by atoms with E-state index in [4.69, 9.17) is 9.47 Å². The van der Waals surface area contributed by atoms with E-state index in [9.17, 15) is 4.79 Å². The molecule has 178 valence electrons. The maximum Gasteiger partial charge on any atom is 0.232 e. The molecule has 2 aromatic carbocycles. The second-order valence-corrected chi connectivity index (χ2v) is 9.56. The SMILES string of the molecule is CN(C[C@@H]1COc2ccccc2O1)C(=O)CSc1nnc(CN2CCCC2)n1-c1ccccc1. The molecular formula is C25H29N5O3S. The number of aromatic nitrogens is 3. The molecule has 0 unspecified atom stereocenters. The maximum atomic E-state index is 12.9. The molecule has 2 aliphatic heterocycles. The van der Waals surface area contributed by atoms with Crippen LogP contribution in [0.3, 0.4) is 0 Å². The van der Waals surface area contributed by atoms with Gasteiger partial charge in [-0.25, -0.2) is 0 Å². The summed E-state index contributed by atoms with van der Waals surface area (Å²) in [5.41, 5.74) is 1.01. The Hall–Kier alpha value is -3.04. The Labute approximate surface area is 203 Å². The Bertz CT molecular complexity index is 1120. The van der Waals surface area contributed by atoms with Gasteiger partial charge in [0.15, 0.2) is 28.6 Å². The fraction of sp³-hybridized carbons (Fsp3) is 0.400. The number of ether oxygens (including phenoxy) is 2. The van der Waals surface area contributed by atoms with Gasteiger partial charge in [-0.15, -0.1) is 10.2 Å². The fourth-order valence-electron chi connectivity index (χ4n) is 4.27. The molecule has 0 saturated carbocycles. The summed E-state index contributed by atoms with van der Waals surface area (Å²) >= 11 is 1.42. The van der Waals surface area contributed by atoms with Gasteiger partial charge in [-0.05, 0) is 50.2 Å². The molecule has 1 atom stereocenters. The van der Waals surface area contributed by atoms with Crippen molar-refractivity contribution in [3.63, 3.8) is 0 Å². The van der Waals surface area contributed by atoms with E-state index in [1.165, 1.54) is 24.6 Å². The number of carbonyl (C=O) groups excluding carboxylic acids is 1. The van der Waals surface area contributed by atoms with Gasteiger partial charge >= 0.3 is 0 Å². The summed E-state index contributed by atoms with van der Waals surface area (Å²) < 4.78 is 13.9. The number of thioether (sulfide) groups is 1. The van der Waals surface area contributed by atoms with Crippen molar-refractivity contribution in [2.24, 2.45) is 0 Å². The molecule has 34 heavy (non-hydrogen) atoms. The summed E-state index contributed by atoms with van der Waals surface area (Å²) in [7, 11) is 1.80. The number of para-hydroxylation sites is 3. The fourth-order valence-corrected chi connectivity index (χ4v) is 5.18. The number of likely N-dealkylation sites (N-methyl/N-ethyl adjacent to an activating group) is 1. The zero-order valence-electron chi connectivity index (χ0n) is 19.3. The molecule has 1 fully saturated rings. The molecule has 1 amide bonds. The van der Waals surface area contributed by atoms with Crippen molar-refractivity contribution in [1.82, 2.24) is 24.6 Å². The average Bonchev–Trinajstić information content (AvgIpc) is 3.53. The normalized spacial score (nSPS) is 17.6. The molecule has 9 heteroatoms. The lowest BCUT2D eigenvalue weighted by molar-refractivity contribution is -0.128. The smallest absolute Gasteiger partial charge is 0.232 e. The third kappa shape index (κ3) is 5.20. The molecule has 0 bridgehead atoms. The van der Waals surface area contributed by atoms with E-state index in [0.717, 1.165) is 47.8 Å². The van der Waals surface area contributed by atoms with Crippen molar-refractivity contribution < 1.29 is 14.3 Å². The second kappa shape index (κ2) is 10.5. The Kier molecular flexibility index (Phi) is 7.01. The predicted octanol–water partition coefficient (Wildman–Crippen LogP) is 3.25. The molecule has 5 rings (SSSR count). The van der Waals surface area contributed by atoms with Crippen molar-refractivity contribution in [2.45, 2.75) is 30.6 Å². The van der Waals surface area contributed by atoms with Crippen LogP contribution in [0.15, 0.2) is 59.8 Å². The average molecular weight is 480 g/mol. The van der Waals surface area contributed by atoms with E-state index in [1.54, 1.807) is 11.9 Å². The molecule has 0 N–H and O–H groups in total. The van der Waals surface area contributed by atoms with Crippen LogP contribution in [0.1, 0.15) is 18.7 Å². The topological polar surface area (TPSA) is 72.7 Å². The molecule has 0 spiro atoms. The largest absolute Gasteiger partial charge is 0.486 e. The van der Waals surface area contributed by atoms with Gasteiger partial charge in [-0.2, -0.15) is 0 Å². The van der Waals surface area contributed by atoms with Crippen LogP contribution < -0.4 is 9.47 Å². The molecule has 2 aliphatic rings. The minimum absolute atomic E-state index is 0.0103. The standard InChI is InChI=1S/C25H29N5O3S/c1-28(15-20-17-32-21-11-5-6-12-22(21)33-20)24(31)18-34-25-27-26-23(16-29-13-7-8-14-29)30(25)19-9-3-2-4-10-19/h2-6,9-12,20H,7-8,13-18H2,1H3/t20-/m1/s1. The van der Waals surface area contributed by atoms with E-state index in [0.29, 0.717) is 13.2 Å². The van der Waals surface area contributed by atoms with Crippen molar-refractivity contribution in [3.8, 4) is 17.2 Å². The molecule has 3 aromatic rings. The quantitative estimate of drug-likeness (QED) is 0.459. The van der Waals surface area contributed by atoms with Crippen LogP contribution in [-0.4, -0.2) is 75.6 Å². The van der Waals surface area contributed by atoms with Crippen molar-refractivity contribution in [1.29, 1.82) is 0 Å². The monoisotopic (exact) mass is 479 g/mol. The number of hydrogen-bond donors (Lipinski definition) is 0. The minimum Gasteiger partial charge on any atom is -0.486 e. The highest BCUT2D eigenvalue weighted by Crippen LogP contribution is 2.31. The number of fused-ring (bicyclic) bond motifs is 1. The van der Waals surface area contributed by atoms with Gasteiger partial charge in [-0.1, -0.05) is 42.1 Å². The number of nitrogens with zero attached hydrogens (tertiary/aromatic N) is 5. The molecule has 1 saturated heterocycles. The van der Waals surface area contributed by atoms with Crippen LogP contribution in [0, 0.1) is 0 Å². The van der Waals surface area contributed by atoms with E-state index >= 15 is 0 Å². The number of benzene rings is 2. The Morgan fingerprint density at radius 1 is 1.06 bits per heavy atom. The van der Waals surface area contributed by atoms with Crippen molar-refractivity contribution in [3.05, 3.63) is 60.4 Å². The van der Waals surface area contributed by atoms with Crippen LogP contribution >= 0.6 is 11.8 Å². The lowest BCUT2D eigenvalue weighted by atomic mass is 10.2. The summed E-state index contributed by atoms with van der Waals surface area (Å²) in [6, 6.07) is 17.7. The highest BCUT2D eigenvalue weighted by atomic mass is 32.2. The Balaban J connectivity index is 1.22. The van der Waals surface area contributed by atoms with Gasteiger partial charge in [0.05, 0.1) is 18.8 Å². The highest BCUT2D eigenvalue weighted by Gasteiger charge is 2.25. The number of carbonyl (C=O) groups is 1. The van der Waals surface area contributed by atoms with E-state index < -0.39 is 0 Å². The molecule has 0 radical (unpaired) electrons. The molecule has 3 heterocycles. The predicted molar refractivity (Wildman–Crippen MR) is 131 cm³/mol. The van der Waals surface area contributed by atoms with Gasteiger partial charge < -0.3 is 14.4 Å². The van der Waals surface area contributed by atoms with Crippen LogP contribution in [-0.2, 0) is 11.3 Å². The molecule has 1 aromatic heterocycles. The summed E-state index contributed by atoms with van der Waals surface area (Å²) in [4.78, 5) is 17.0. The van der Waals surface area contributed by atoms with Gasteiger partial charge in [0.25, 0.3) is 0 Å². The molecule has 8 nitrogen and oxygen atoms in total. The number of hydrogen-bond acceptors (Lipinski definition) is 7. The first-order valence-electron chi connectivity index (χ1n) is 11.6. The molecule has 0 aliphatic carbocycles. The first kappa shape index (κ1) is 22.7. The van der Waals surface area contributed by atoms with Crippen LogP contribution in [0.4, 0.5) is 0 Å². The van der Waals surface area contributed by atoms with Crippen LogP contribution in [0.25, 0.3) is 5.69 Å².